The largest absolute Gasteiger partial charge is 0.447 e. The Hall–Kier alpha value is -2.91. The number of halogens is 1. The minimum Gasteiger partial charge on any atom is -0.447 e. The molecule has 34 heavy (non-hydrogen) atoms. The number of rotatable bonds is 4. The highest BCUT2D eigenvalue weighted by molar-refractivity contribution is 5.94. The van der Waals surface area contributed by atoms with Crippen molar-refractivity contribution in [3.8, 4) is 11.3 Å². The van der Waals surface area contributed by atoms with Gasteiger partial charge in [-0.1, -0.05) is 6.07 Å². The molecule has 10 heteroatoms. The smallest absolute Gasteiger partial charge is 0.407 e. The van der Waals surface area contributed by atoms with Crippen molar-refractivity contribution in [3.63, 3.8) is 0 Å². The molecule has 1 aromatic carbocycles. The van der Waals surface area contributed by atoms with Gasteiger partial charge in [-0.2, -0.15) is 0 Å². The number of ether oxygens (including phenoxy) is 1. The second kappa shape index (κ2) is 11.0. The van der Waals surface area contributed by atoms with Crippen molar-refractivity contribution >= 4 is 35.9 Å². The van der Waals surface area contributed by atoms with Crippen LogP contribution in [0.5, 0.6) is 0 Å². The van der Waals surface area contributed by atoms with Crippen LogP contribution in [0.15, 0.2) is 30.3 Å². The summed E-state index contributed by atoms with van der Waals surface area (Å²) in [5.41, 5.74) is 3.29. The van der Waals surface area contributed by atoms with Crippen LogP contribution in [0.4, 0.5) is 16.3 Å². The number of piperazine rings is 1. The number of nitrogens with one attached hydrogen (secondary N) is 2. The van der Waals surface area contributed by atoms with Crippen LogP contribution in [0.3, 0.4) is 0 Å². The number of anilines is 2. The van der Waals surface area contributed by atoms with E-state index in [1.807, 2.05) is 51.1 Å². The zero-order valence-electron chi connectivity index (χ0n) is 20.1. The van der Waals surface area contributed by atoms with E-state index in [1.54, 1.807) is 11.8 Å². The zero-order valence-corrected chi connectivity index (χ0v) is 20.9. The zero-order chi connectivity index (χ0) is 23.5. The van der Waals surface area contributed by atoms with E-state index in [2.05, 4.69) is 25.7 Å². The number of aromatic nitrogens is 2. The maximum atomic E-state index is 12.4. The molecule has 0 bridgehead atoms. The number of fused-ring (bicyclic) bond motifs is 1. The van der Waals surface area contributed by atoms with Gasteiger partial charge in [-0.05, 0) is 57.0 Å². The average molecular weight is 489 g/mol. The Balaban J connectivity index is 0.00000324. The summed E-state index contributed by atoms with van der Waals surface area (Å²) >= 11 is 0. The van der Waals surface area contributed by atoms with Gasteiger partial charge in [0.15, 0.2) is 5.82 Å². The molecule has 1 aromatic heterocycles. The number of benzene rings is 1. The fourth-order valence-electron chi connectivity index (χ4n) is 4.57. The molecule has 0 aliphatic carbocycles. The summed E-state index contributed by atoms with van der Waals surface area (Å²) in [4.78, 5) is 28.7. The first-order valence-corrected chi connectivity index (χ1v) is 11.5. The lowest BCUT2D eigenvalue weighted by Crippen LogP contribution is -2.45. The van der Waals surface area contributed by atoms with E-state index in [4.69, 9.17) is 4.74 Å². The van der Waals surface area contributed by atoms with Crippen molar-refractivity contribution in [2.24, 2.45) is 0 Å². The molecule has 2 amide bonds. The van der Waals surface area contributed by atoms with Gasteiger partial charge in [0, 0.05) is 50.4 Å². The molecule has 1 fully saturated rings. The van der Waals surface area contributed by atoms with E-state index in [0.717, 1.165) is 54.5 Å². The van der Waals surface area contributed by atoms with Crippen molar-refractivity contribution in [2.75, 3.05) is 36.0 Å². The predicted octanol–water partition coefficient (Wildman–Crippen LogP) is 3.30. The highest BCUT2D eigenvalue weighted by Crippen LogP contribution is 2.39. The van der Waals surface area contributed by atoms with Gasteiger partial charge >= 0.3 is 6.09 Å². The second-order valence-corrected chi connectivity index (χ2v) is 8.91. The highest BCUT2D eigenvalue weighted by atomic mass is 35.5. The van der Waals surface area contributed by atoms with Crippen LogP contribution in [0.25, 0.3) is 11.3 Å². The normalized spacial score (nSPS) is 19.8. The Labute approximate surface area is 206 Å². The third-order valence-corrected chi connectivity index (χ3v) is 6.04. The summed E-state index contributed by atoms with van der Waals surface area (Å²) < 4.78 is 5.30. The molecular formula is C24H33ClN6O3. The maximum Gasteiger partial charge on any atom is 0.407 e. The Kier molecular flexibility index (Phi) is 8.33. The van der Waals surface area contributed by atoms with Crippen molar-refractivity contribution in [2.45, 2.75) is 52.3 Å². The quantitative estimate of drug-likeness (QED) is 0.681. The first-order chi connectivity index (χ1) is 15.8. The molecule has 0 spiro atoms. The van der Waals surface area contributed by atoms with Crippen molar-refractivity contribution in [1.82, 2.24) is 20.8 Å². The summed E-state index contributed by atoms with van der Waals surface area (Å²) in [6.07, 6.45) is -0.0818. The molecule has 0 unspecified atom stereocenters. The molecule has 2 aromatic rings. The van der Waals surface area contributed by atoms with Gasteiger partial charge in [0.05, 0.1) is 17.8 Å². The molecule has 0 saturated carbocycles. The molecule has 2 atom stereocenters. The molecule has 2 aliphatic rings. The lowest BCUT2D eigenvalue weighted by molar-refractivity contribution is -0.117. The van der Waals surface area contributed by atoms with Crippen LogP contribution >= 0.6 is 12.4 Å². The number of carbonyl (C=O) groups excluding carboxylic acids is 2. The monoisotopic (exact) mass is 488 g/mol. The molecule has 184 valence electrons. The van der Waals surface area contributed by atoms with E-state index < -0.39 is 6.09 Å². The van der Waals surface area contributed by atoms with Crippen LogP contribution in [0, 0.1) is 0 Å². The summed E-state index contributed by atoms with van der Waals surface area (Å²) in [6.45, 7) is 10.9. The van der Waals surface area contributed by atoms with Gasteiger partial charge in [0.2, 0.25) is 5.91 Å². The first kappa shape index (κ1) is 25.7. The van der Waals surface area contributed by atoms with Crippen LogP contribution in [0.1, 0.15) is 45.7 Å². The predicted molar refractivity (Wildman–Crippen MR) is 135 cm³/mol. The van der Waals surface area contributed by atoms with Crippen molar-refractivity contribution in [1.29, 1.82) is 0 Å². The molecule has 3 heterocycles. The average Bonchev–Trinajstić information content (AvgIpc) is 2.79. The fourth-order valence-corrected chi connectivity index (χ4v) is 4.57. The molecule has 4 rings (SSSR count). The third kappa shape index (κ3) is 5.59. The Morgan fingerprint density at radius 2 is 1.88 bits per heavy atom. The van der Waals surface area contributed by atoms with E-state index in [-0.39, 0.29) is 36.5 Å². The number of amides is 2. The minimum absolute atomic E-state index is 0. The van der Waals surface area contributed by atoms with Gasteiger partial charge in [0.1, 0.15) is 0 Å². The van der Waals surface area contributed by atoms with Gasteiger partial charge in [-0.15, -0.1) is 22.6 Å². The standard InChI is InChI=1S/C24H32N6O3.ClH/c1-15(2)33-24(32)26-21-13-16(3)30(17(4)31)22-7-5-18(14-19(21)22)20-6-8-23(28-27-20)29-11-9-25-10-12-29;/h5-8,14-16,21,25H,9-13H2,1-4H3,(H,26,32);1H/t16-,21+;/m0./s1. The van der Waals surface area contributed by atoms with Crippen molar-refractivity contribution < 1.29 is 14.3 Å². The van der Waals surface area contributed by atoms with E-state index in [0.29, 0.717) is 6.42 Å². The second-order valence-electron chi connectivity index (χ2n) is 8.91. The van der Waals surface area contributed by atoms with Crippen LogP contribution < -0.4 is 20.4 Å². The van der Waals surface area contributed by atoms with Gasteiger partial charge in [-0.3, -0.25) is 4.79 Å². The van der Waals surface area contributed by atoms with Crippen LogP contribution in [-0.2, 0) is 9.53 Å². The number of hydrogen-bond acceptors (Lipinski definition) is 7. The number of hydrogen-bond donors (Lipinski definition) is 2. The molecule has 1 saturated heterocycles. The highest BCUT2D eigenvalue weighted by Gasteiger charge is 2.34. The Morgan fingerprint density at radius 1 is 1.15 bits per heavy atom. The molecule has 2 aliphatic heterocycles. The van der Waals surface area contributed by atoms with Gasteiger partial charge in [-0.25, -0.2) is 4.79 Å². The van der Waals surface area contributed by atoms with Crippen LogP contribution in [-0.4, -0.2) is 60.5 Å². The lowest BCUT2D eigenvalue weighted by atomic mass is 9.90. The molecular weight excluding hydrogens is 456 g/mol. The minimum atomic E-state index is -0.463. The van der Waals surface area contributed by atoms with E-state index in [9.17, 15) is 9.59 Å². The fraction of sp³-hybridized carbons (Fsp3) is 0.500. The SMILES string of the molecule is CC(=O)N1c2ccc(-c3ccc(N4CCNCC4)nn3)cc2[C@H](NC(=O)OC(C)C)C[C@@H]1C.Cl. The van der Waals surface area contributed by atoms with E-state index in [1.165, 1.54) is 0 Å². The summed E-state index contributed by atoms with van der Waals surface area (Å²) in [7, 11) is 0. The molecule has 9 nitrogen and oxygen atoms in total. The van der Waals surface area contributed by atoms with Gasteiger partial charge < -0.3 is 25.2 Å². The third-order valence-electron chi connectivity index (χ3n) is 6.04. The topological polar surface area (TPSA) is 99.7 Å². The first-order valence-electron chi connectivity index (χ1n) is 11.5. The van der Waals surface area contributed by atoms with Gasteiger partial charge in [0.25, 0.3) is 0 Å². The van der Waals surface area contributed by atoms with Crippen molar-refractivity contribution in [3.05, 3.63) is 35.9 Å². The number of nitrogens with zero attached hydrogens (tertiary/aromatic N) is 4. The van der Waals surface area contributed by atoms with E-state index >= 15 is 0 Å². The molecule has 0 radical (unpaired) electrons. The summed E-state index contributed by atoms with van der Waals surface area (Å²) in [5, 5.41) is 15.2. The van der Waals surface area contributed by atoms with Crippen LogP contribution in [0.2, 0.25) is 0 Å². The number of alkyl carbamates (subject to hydrolysis) is 1. The summed E-state index contributed by atoms with van der Waals surface area (Å²) in [6, 6.07) is 9.50. The lowest BCUT2D eigenvalue weighted by Gasteiger charge is -2.39. The summed E-state index contributed by atoms with van der Waals surface area (Å²) in [5.74, 6) is 0.839. The Bertz CT molecular complexity index is 1010. The number of carbonyl (C=O) groups is 2. The maximum absolute atomic E-state index is 12.4. The Morgan fingerprint density at radius 3 is 2.50 bits per heavy atom. The molecule has 2 N–H and O–H groups in total.